The monoisotopic (exact) mass is 714 g/mol. The van der Waals surface area contributed by atoms with Crippen molar-refractivity contribution in [3.05, 3.63) is 85.5 Å². The molecule has 0 radical (unpaired) electrons. The average Bonchev–Trinajstić information content (AvgIpc) is 3.34. The van der Waals surface area contributed by atoms with E-state index in [-0.39, 0.29) is 34.0 Å². The van der Waals surface area contributed by atoms with Gasteiger partial charge in [-0.15, -0.1) is 0 Å². The molecule has 0 bridgehead atoms. The van der Waals surface area contributed by atoms with Crippen LogP contribution in [0, 0.1) is 0 Å². The lowest BCUT2D eigenvalue weighted by Gasteiger charge is -2.06. The number of aromatic nitrogens is 4. The molecule has 0 aliphatic rings. The molecule has 3 rings (SSSR count). The molecule has 0 saturated heterocycles. The quantitative estimate of drug-likeness (QED) is 0.168. The third-order valence-electron chi connectivity index (χ3n) is 4.27. The Bertz CT molecular complexity index is 1240. The second-order valence-corrected chi connectivity index (χ2v) is 12.9. The molecule has 13 heteroatoms. The summed E-state index contributed by atoms with van der Waals surface area (Å²) in [6.07, 6.45) is 17.5. The van der Waals surface area contributed by atoms with Crippen LogP contribution in [0.4, 0.5) is 0 Å². The van der Waals surface area contributed by atoms with Crippen LogP contribution in [0.5, 0.6) is 0 Å². The van der Waals surface area contributed by atoms with Crippen molar-refractivity contribution in [1.82, 2.24) is 9.13 Å². The van der Waals surface area contributed by atoms with Crippen molar-refractivity contribution in [3.63, 3.8) is 0 Å². The minimum Gasteiger partial charge on any atom is -1.00 e. The van der Waals surface area contributed by atoms with Gasteiger partial charge in [-0.2, -0.15) is 0 Å². The summed E-state index contributed by atoms with van der Waals surface area (Å²) in [5.74, 6) is 0. The van der Waals surface area contributed by atoms with Crippen LogP contribution >= 0.6 is 15.9 Å². The molecule has 8 nitrogen and oxygen atoms in total. The minimum atomic E-state index is -3.37. The molecule has 1 aromatic carbocycles. The zero-order valence-electron chi connectivity index (χ0n) is 19.5. The van der Waals surface area contributed by atoms with E-state index in [4.69, 9.17) is 0 Å². The van der Waals surface area contributed by atoms with Crippen LogP contribution in [0.1, 0.15) is 16.7 Å². The van der Waals surface area contributed by atoms with E-state index in [1.165, 1.54) is 16.7 Å². The lowest BCUT2D eigenvalue weighted by Crippen LogP contribution is -3.00. The number of sulfone groups is 2. The molecular weight excluding hydrogens is 688 g/mol. The molecule has 0 aliphatic heterocycles. The molecule has 0 saturated carbocycles. The van der Waals surface area contributed by atoms with Crippen LogP contribution in [0.15, 0.2) is 68.8 Å². The number of rotatable bonds is 9. The van der Waals surface area contributed by atoms with Crippen LogP contribution in [0.2, 0.25) is 0 Å². The van der Waals surface area contributed by atoms with Crippen molar-refractivity contribution < 1.29 is 59.9 Å². The van der Waals surface area contributed by atoms with E-state index in [0.717, 1.165) is 30.9 Å². The fourth-order valence-corrected chi connectivity index (χ4v) is 6.57. The van der Waals surface area contributed by atoms with Crippen LogP contribution in [0.3, 0.4) is 0 Å². The molecule has 0 amide bonds. The average molecular weight is 717 g/mol. The van der Waals surface area contributed by atoms with Gasteiger partial charge in [0, 0.05) is 17.8 Å². The number of hydrogen-bond acceptors (Lipinski definition) is 4. The Balaban J connectivity index is 0.000000908. The number of alkyl halides is 1. The Kier molecular flexibility index (Phi) is 14.2. The molecule has 0 fully saturated rings. The van der Waals surface area contributed by atoms with E-state index in [1.54, 1.807) is 12.4 Å². The van der Waals surface area contributed by atoms with E-state index < -0.39 is 24.8 Å². The largest absolute Gasteiger partial charge is 1.00 e. The Morgan fingerprint density at radius 1 is 0.800 bits per heavy atom. The SMILES string of the molecule is C=Cn1cc[n+](Cc2cc(CBr)cc(C[n+]3ccn(C=C)c3)c2)c1.CS(=O)(=O)CS(C)(=O)=O.[Br-].[Br-]. The molecule has 35 heavy (non-hydrogen) atoms. The normalized spacial score (nSPS) is 10.8. The number of nitrogens with zero attached hydrogens (tertiary/aromatic N) is 4. The van der Waals surface area contributed by atoms with Crippen molar-refractivity contribution in [2.24, 2.45) is 0 Å². The molecule has 0 unspecified atom stereocenters. The topological polar surface area (TPSA) is 85.9 Å². The molecule has 2 heterocycles. The summed E-state index contributed by atoms with van der Waals surface area (Å²) in [6, 6.07) is 6.76. The van der Waals surface area contributed by atoms with Crippen LogP contribution < -0.4 is 43.1 Å². The summed E-state index contributed by atoms with van der Waals surface area (Å²) in [6.45, 7) is 9.24. The van der Waals surface area contributed by atoms with E-state index in [1.807, 2.05) is 34.2 Å². The van der Waals surface area contributed by atoms with Gasteiger partial charge in [-0.05, 0) is 22.8 Å². The minimum absolute atomic E-state index is 0. The molecule has 0 spiro atoms. The van der Waals surface area contributed by atoms with Gasteiger partial charge in [0.15, 0.2) is 24.8 Å². The first kappa shape index (κ1) is 33.5. The van der Waals surface area contributed by atoms with Gasteiger partial charge in [-0.3, -0.25) is 0 Å². The van der Waals surface area contributed by atoms with E-state index >= 15 is 0 Å². The molecule has 194 valence electrons. The van der Waals surface area contributed by atoms with Crippen molar-refractivity contribution in [2.45, 2.75) is 18.4 Å². The summed E-state index contributed by atoms with van der Waals surface area (Å²) < 4.78 is 49.3. The zero-order valence-corrected chi connectivity index (χ0v) is 25.9. The predicted molar refractivity (Wildman–Crippen MR) is 134 cm³/mol. The Morgan fingerprint density at radius 3 is 1.43 bits per heavy atom. The summed E-state index contributed by atoms with van der Waals surface area (Å²) in [5, 5.41) is 0.0878. The fraction of sp³-hybridized carbons (Fsp3) is 0.273. The second-order valence-electron chi connectivity index (χ2n) is 7.69. The molecule has 0 aliphatic carbocycles. The van der Waals surface area contributed by atoms with Crippen molar-refractivity contribution >= 4 is 48.0 Å². The number of hydrogen-bond donors (Lipinski definition) is 0. The Labute approximate surface area is 237 Å². The smallest absolute Gasteiger partial charge is 0.248 e. The Hall–Kier alpha value is -1.54. The number of benzene rings is 1. The summed E-state index contributed by atoms with van der Waals surface area (Å²) in [4.78, 5) is 0. The molecule has 3 aromatic rings. The summed E-state index contributed by atoms with van der Waals surface area (Å²) in [7, 11) is -6.74. The highest BCUT2D eigenvalue weighted by atomic mass is 79.9. The first-order chi connectivity index (χ1) is 15.4. The maximum Gasteiger partial charge on any atom is 0.248 e. The number of imidazole rings is 2. The first-order valence-corrected chi connectivity index (χ1v) is 15.1. The molecule has 0 N–H and O–H groups in total. The lowest BCUT2D eigenvalue weighted by atomic mass is 10.1. The lowest BCUT2D eigenvalue weighted by molar-refractivity contribution is -0.688. The van der Waals surface area contributed by atoms with E-state index in [0.29, 0.717) is 0 Å². The maximum atomic E-state index is 10.3. The predicted octanol–water partition coefficient (Wildman–Crippen LogP) is -3.90. The van der Waals surface area contributed by atoms with Gasteiger partial charge < -0.3 is 34.0 Å². The van der Waals surface area contributed by atoms with Gasteiger partial charge in [-0.25, -0.2) is 35.1 Å². The Morgan fingerprint density at radius 2 is 1.17 bits per heavy atom. The molecule has 2 aromatic heterocycles. The van der Waals surface area contributed by atoms with Gasteiger partial charge in [0.2, 0.25) is 12.7 Å². The highest BCUT2D eigenvalue weighted by Gasteiger charge is 2.11. The van der Waals surface area contributed by atoms with Gasteiger partial charge in [0.1, 0.15) is 37.9 Å². The fourth-order valence-electron chi connectivity index (χ4n) is 3.13. The molecule has 0 atom stereocenters. The van der Waals surface area contributed by atoms with Gasteiger partial charge >= 0.3 is 0 Å². The van der Waals surface area contributed by atoms with Gasteiger partial charge in [0.25, 0.3) is 0 Å². The number of halogens is 3. The molecular formula is C22H29Br3N4O4S2. The summed E-state index contributed by atoms with van der Waals surface area (Å²) in [5.41, 5.74) is 3.87. The van der Waals surface area contributed by atoms with Crippen LogP contribution in [-0.4, -0.2) is 43.6 Å². The summed E-state index contributed by atoms with van der Waals surface area (Å²) >= 11 is 3.58. The maximum absolute atomic E-state index is 10.3. The van der Waals surface area contributed by atoms with Crippen molar-refractivity contribution in [2.75, 3.05) is 17.6 Å². The van der Waals surface area contributed by atoms with E-state index in [2.05, 4.69) is 68.8 Å². The van der Waals surface area contributed by atoms with Gasteiger partial charge in [-0.1, -0.05) is 41.2 Å². The van der Waals surface area contributed by atoms with Crippen molar-refractivity contribution in [1.29, 1.82) is 0 Å². The first-order valence-electron chi connectivity index (χ1n) is 9.82. The highest BCUT2D eigenvalue weighted by molar-refractivity contribution is 9.08. The van der Waals surface area contributed by atoms with Crippen molar-refractivity contribution in [3.8, 4) is 0 Å². The standard InChI is InChI=1S/C19H21BrN4.C3H8O4S2.2BrH/c1-3-21-5-7-23(15-21)13-18-9-17(12-20)10-19(11-18)14-24-8-6-22(4-2)16-24;1-8(4,5)3-9(2,6)7;;/h3-11,15-16H,1-2,12-14H2;3H2,1-2H3;2*1H/q+2;;;/p-2. The second kappa shape index (κ2) is 14.9. The van der Waals surface area contributed by atoms with E-state index in [9.17, 15) is 16.8 Å². The van der Waals surface area contributed by atoms with Crippen LogP contribution in [-0.2, 0) is 38.1 Å². The third kappa shape index (κ3) is 12.8. The third-order valence-corrected chi connectivity index (χ3v) is 8.34. The van der Waals surface area contributed by atoms with Crippen LogP contribution in [0.25, 0.3) is 12.4 Å². The van der Waals surface area contributed by atoms with Gasteiger partial charge in [0.05, 0.1) is 12.4 Å². The zero-order chi connectivity index (χ0) is 24.6. The highest BCUT2D eigenvalue weighted by Crippen LogP contribution is 2.13.